The normalized spacial score (nSPS) is 12.6. The van der Waals surface area contributed by atoms with Crippen LogP contribution in [0.4, 0.5) is 0 Å². The SMILES string of the molecule is CCCCCC=CCC=CCC=CCCCCCCC(=O)OCC(COC(=O)CCCCCCCC=CCC=CCCCCC)OC(=O)CCCCCCCC=CCCCCCCCC. The number of hydrogen-bond acceptors (Lipinski definition) is 6. The second-order valence-corrected chi connectivity index (χ2v) is 18.1. The van der Waals surface area contributed by atoms with Crippen LogP contribution in [0.15, 0.2) is 72.9 Å². The van der Waals surface area contributed by atoms with Crippen molar-refractivity contribution in [2.75, 3.05) is 13.2 Å². The van der Waals surface area contributed by atoms with E-state index in [1.54, 1.807) is 0 Å². The van der Waals surface area contributed by atoms with E-state index in [0.29, 0.717) is 19.3 Å². The number of ether oxygens (including phenoxy) is 3. The summed E-state index contributed by atoms with van der Waals surface area (Å²) >= 11 is 0. The molecule has 0 saturated heterocycles. The van der Waals surface area contributed by atoms with E-state index in [-0.39, 0.29) is 31.1 Å². The average Bonchev–Trinajstić information content (AvgIpc) is 3.30. The van der Waals surface area contributed by atoms with Gasteiger partial charge in [-0.3, -0.25) is 14.4 Å². The molecule has 0 fully saturated rings. The Morgan fingerprint density at radius 3 is 0.908 bits per heavy atom. The fraction of sp³-hybridized carbons (Fsp3) is 0.746. The zero-order valence-electron chi connectivity index (χ0n) is 42.7. The van der Waals surface area contributed by atoms with Crippen molar-refractivity contribution in [3.63, 3.8) is 0 Å². The van der Waals surface area contributed by atoms with Gasteiger partial charge in [0.15, 0.2) is 6.10 Å². The number of esters is 3. The summed E-state index contributed by atoms with van der Waals surface area (Å²) in [6.45, 7) is 6.55. The lowest BCUT2D eigenvalue weighted by atomic mass is 10.1. The van der Waals surface area contributed by atoms with Gasteiger partial charge in [-0.15, -0.1) is 0 Å². The molecule has 0 aliphatic heterocycles. The van der Waals surface area contributed by atoms with Crippen molar-refractivity contribution in [2.24, 2.45) is 0 Å². The van der Waals surface area contributed by atoms with Crippen LogP contribution < -0.4 is 0 Å². The Morgan fingerprint density at radius 2 is 0.554 bits per heavy atom. The van der Waals surface area contributed by atoms with Gasteiger partial charge in [-0.25, -0.2) is 0 Å². The van der Waals surface area contributed by atoms with Gasteiger partial charge in [0.25, 0.3) is 0 Å². The molecule has 0 spiro atoms. The predicted octanol–water partition coefficient (Wildman–Crippen LogP) is 18.2. The van der Waals surface area contributed by atoms with E-state index in [4.69, 9.17) is 14.2 Å². The zero-order chi connectivity index (χ0) is 47.2. The molecule has 0 radical (unpaired) electrons. The first-order valence-corrected chi connectivity index (χ1v) is 27.4. The lowest BCUT2D eigenvalue weighted by Crippen LogP contribution is -2.30. The molecule has 0 aromatic carbocycles. The molecule has 0 aromatic rings. The van der Waals surface area contributed by atoms with Gasteiger partial charge < -0.3 is 14.2 Å². The van der Waals surface area contributed by atoms with E-state index in [2.05, 4.69) is 93.7 Å². The Morgan fingerprint density at radius 1 is 0.308 bits per heavy atom. The van der Waals surface area contributed by atoms with Gasteiger partial charge in [0, 0.05) is 19.3 Å². The second-order valence-electron chi connectivity index (χ2n) is 18.1. The van der Waals surface area contributed by atoms with Crippen LogP contribution in [0.1, 0.15) is 265 Å². The third-order valence-electron chi connectivity index (χ3n) is 11.7. The van der Waals surface area contributed by atoms with Crippen molar-refractivity contribution >= 4 is 17.9 Å². The van der Waals surface area contributed by atoms with Gasteiger partial charge in [-0.05, 0) is 116 Å². The first kappa shape index (κ1) is 61.9. The van der Waals surface area contributed by atoms with E-state index < -0.39 is 6.10 Å². The summed E-state index contributed by atoms with van der Waals surface area (Å²) in [6.07, 6.45) is 67.3. The quantitative estimate of drug-likeness (QED) is 0.0262. The maximum atomic E-state index is 12.8. The molecular weight excluding hydrogens is 805 g/mol. The van der Waals surface area contributed by atoms with Crippen molar-refractivity contribution < 1.29 is 28.6 Å². The van der Waals surface area contributed by atoms with Gasteiger partial charge in [-0.2, -0.15) is 0 Å². The molecule has 1 unspecified atom stereocenters. The lowest BCUT2D eigenvalue weighted by Gasteiger charge is -2.18. The summed E-state index contributed by atoms with van der Waals surface area (Å²) in [5.74, 6) is -0.932. The summed E-state index contributed by atoms with van der Waals surface area (Å²) in [6, 6.07) is 0. The first-order chi connectivity index (χ1) is 32.0. The van der Waals surface area contributed by atoms with E-state index in [1.807, 2.05) is 0 Å². The Balaban J connectivity index is 4.46. The molecule has 0 aliphatic rings. The topological polar surface area (TPSA) is 78.9 Å². The molecule has 1 atom stereocenters. The molecule has 0 aromatic heterocycles. The summed E-state index contributed by atoms with van der Waals surface area (Å²) in [5, 5.41) is 0. The van der Waals surface area contributed by atoms with Crippen LogP contribution in [0.2, 0.25) is 0 Å². The largest absolute Gasteiger partial charge is 0.462 e. The Bertz CT molecular complexity index is 1230. The van der Waals surface area contributed by atoms with Crippen LogP contribution in [-0.4, -0.2) is 37.2 Å². The summed E-state index contributed by atoms with van der Waals surface area (Å²) < 4.78 is 16.8. The van der Waals surface area contributed by atoms with Crippen molar-refractivity contribution in [1.82, 2.24) is 0 Å². The summed E-state index contributed by atoms with van der Waals surface area (Å²) in [5.41, 5.74) is 0. The van der Waals surface area contributed by atoms with Gasteiger partial charge in [-0.1, -0.05) is 203 Å². The highest BCUT2D eigenvalue weighted by molar-refractivity contribution is 5.71. The standard InChI is InChI=1S/C59H102O6/c1-4-7-10-13-16-19-22-25-28-29-32-34-37-40-43-46-49-52-58(61)64-55-56(65-59(62)53-50-47-44-41-38-35-31-27-24-21-18-15-12-9-6-3)54-63-57(60)51-48-45-42-39-36-33-30-26-23-20-17-14-11-8-5-2/h16-17,19-20,25-28,30-32,34,56H,4-15,18,21-24,29,33,35-55H2,1-3H3. The third kappa shape index (κ3) is 51.7. The van der Waals surface area contributed by atoms with E-state index in [0.717, 1.165) is 122 Å². The minimum absolute atomic E-state index is 0.0933. The fourth-order valence-electron chi connectivity index (χ4n) is 7.47. The lowest BCUT2D eigenvalue weighted by molar-refractivity contribution is -0.167. The van der Waals surface area contributed by atoms with Crippen molar-refractivity contribution in [2.45, 2.75) is 271 Å². The summed E-state index contributed by atoms with van der Waals surface area (Å²) in [7, 11) is 0. The van der Waals surface area contributed by atoms with Crippen LogP contribution in [0.3, 0.4) is 0 Å². The average molecular weight is 907 g/mol. The molecule has 0 amide bonds. The minimum Gasteiger partial charge on any atom is -0.462 e. The van der Waals surface area contributed by atoms with E-state index >= 15 is 0 Å². The zero-order valence-corrected chi connectivity index (χ0v) is 42.7. The van der Waals surface area contributed by atoms with Gasteiger partial charge >= 0.3 is 17.9 Å². The molecule has 6 heteroatoms. The van der Waals surface area contributed by atoms with Crippen LogP contribution in [0.25, 0.3) is 0 Å². The molecule has 0 rings (SSSR count). The highest BCUT2D eigenvalue weighted by Gasteiger charge is 2.19. The van der Waals surface area contributed by atoms with Crippen LogP contribution in [0, 0.1) is 0 Å². The second kappa shape index (κ2) is 53.5. The highest BCUT2D eigenvalue weighted by Crippen LogP contribution is 2.14. The molecule has 0 aliphatic carbocycles. The number of rotatable bonds is 49. The number of carbonyl (C=O) groups excluding carboxylic acids is 3. The van der Waals surface area contributed by atoms with Crippen LogP contribution in [0.5, 0.6) is 0 Å². The van der Waals surface area contributed by atoms with Crippen molar-refractivity contribution in [1.29, 1.82) is 0 Å². The molecule has 6 nitrogen and oxygen atoms in total. The van der Waals surface area contributed by atoms with Gasteiger partial charge in [0.1, 0.15) is 13.2 Å². The van der Waals surface area contributed by atoms with Gasteiger partial charge in [0.2, 0.25) is 0 Å². The number of hydrogen-bond donors (Lipinski definition) is 0. The fourth-order valence-corrected chi connectivity index (χ4v) is 7.47. The van der Waals surface area contributed by atoms with Crippen LogP contribution in [-0.2, 0) is 28.6 Å². The molecule has 0 heterocycles. The monoisotopic (exact) mass is 907 g/mol. The Hall–Kier alpha value is -3.15. The molecule has 374 valence electrons. The number of carbonyl (C=O) groups is 3. The van der Waals surface area contributed by atoms with Gasteiger partial charge in [0.05, 0.1) is 0 Å². The maximum Gasteiger partial charge on any atom is 0.306 e. The van der Waals surface area contributed by atoms with E-state index in [9.17, 15) is 14.4 Å². The molecular formula is C59H102O6. The van der Waals surface area contributed by atoms with Crippen molar-refractivity contribution in [3.05, 3.63) is 72.9 Å². The molecule has 0 saturated carbocycles. The molecule has 0 N–H and O–H groups in total. The smallest absolute Gasteiger partial charge is 0.306 e. The first-order valence-electron chi connectivity index (χ1n) is 27.4. The summed E-state index contributed by atoms with van der Waals surface area (Å²) in [4.78, 5) is 38.1. The van der Waals surface area contributed by atoms with E-state index in [1.165, 1.54) is 103 Å². The minimum atomic E-state index is -0.795. The number of allylic oxidation sites excluding steroid dienone is 12. The Labute approximate surface area is 402 Å². The van der Waals surface area contributed by atoms with Crippen molar-refractivity contribution in [3.8, 4) is 0 Å². The van der Waals surface area contributed by atoms with Crippen LogP contribution >= 0.6 is 0 Å². The predicted molar refractivity (Wildman–Crippen MR) is 279 cm³/mol. The maximum absolute atomic E-state index is 12.8. The Kier molecular flexibility index (Phi) is 50.9. The number of unbranched alkanes of at least 4 members (excludes halogenated alkanes) is 26. The molecule has 65 heavy (non-hydrogen) atoms. The third-order valence-corrected chi connectivity index (χ3v) is 11.7. The molecule has 0 bridgehead atoms. The highest BCUT2D eigenvalue weighted by atomic mass is 16.6.